The van der Waals surface area contributed by atoms with Gasteiger partial charge in [-0.25, -0.2) is 9.59 Å². The topological polar surface area (TPSA) is 157 Å². The molecule has 0 fully saturated rings. The van der Waals surface area contributed by atoms with Crippen LogP contribution in [0, 0.1) is 0 Å². The highest BCUT2D eigenvalue weighted by atomic mass is 16.6. The third-order valence-corrected chi connectivity index (χ3v) is 13.1. The van der Waals surface area contributed by atoms with E-state index in [2.05, 4.69) is 62.0 Å². The molecule has 6 rings (SSSR count). The summed E-state index contributed by atoms with van der Waals surface area (Å²) >= 11 is 0. The van der Waals surface area contributed by atoms with E-state index in [1.807, 2.05) is 36.4 Å². The van der Waals surface area contributed by atoms with Gasteiger partial charge in [0.25, 0.3) is 0 Å². The summed E-state index contributed by atoms with van der Waals surface area (Å²) in [6.45, 7) is 16.3. The molecule has 0 aliphatic rings. The maximum absolute atomic E-state index is 13.4. The van der Waals surface area contributed by atoms with E-state index in [0.717, 1.165) is 126 Å². The lowest BCUT2D eigenvalue weighted by Gasteiger charge is -2.18. The number of rotatable bonds is 38. The van der Waals surface area contributed by atoms with Gasteiger partial charge in [-0.05, 0) is 146 Å². The summed E-state index contributed by atoms with van der Waals surface area (Å²) < 4.78 is 49.4. The second-order valence-electron chi connectivity index (χ2n) is 19.8. The van der Waals surface area contributed by atoms with Gasteiger partial charge in [-0.15, -0.1) is 10.2 Å². The van der Waals surface area contributed by atoms with Crippen molar-refractivity contribution in [2.24, 2.45) is 20.5 Å². The van der Waals surface area contributed by atoms with E-state index in [9.17, 15) is 9.59 Å². The van der Waals surface area contributed by atoms with Gasteiger partial charge >= 0.3 is 11.9 Å². The molecule has 14 heteroatoms. The monoisotopic (exact) mass is 1090 g/mol. The lowest BCUT2D eigenvalue weighted by atomic mass is 10.1. The summed E-state index contributed by atoms with van der Waals surface area (Å²) in [4.78, 5) is 26.7. The van der Waals surface area contributed by atoms with Crippen molar-refractivity contribution < 1.29 is 47.5 Å². The van der Waals surface area contributed by atoms with Gasteiger partial charge in [0.2, 0.25) is 11.5 Å². The van der Waals surface area contributed by atoms with Crippen molar-refractivity contribution in [3.63, 3.8) is 0 Å². The molecular weight excluding hydrogens is 1010 g/mol. The van der Waals surface area contributed by atoms with E-state index in [4.69, 9.17) is 37.9 Å². The third-order valence-electron chi connectivity index (χ3n) is 13.1. The summed E-state index contributed by atoms with van der Waals surface area (Å²) in [6, 6.07) is 31.5. The highest BCUT2D eigenvalue weighted by Crippen LogP contribution is 2.47. The fourth-order valence-corrected chi connectivity index (χ4v) is 8.39. The molecule has 0 spiro atoms. The molecule has 0 radical (unpaired) electrons. The summed E-state index contributed by atoms with van der Waals surface area (Å²) in [5.41, 5.74) is 2.83. The number of benzene rings is 6. The van der Waals surface area contributed by atoms with Crippen molar-refractivity contribution in [2.75, 3.05) is 39.6 Å². The number of hydrogen-bond donors (Lipinski definition) is 0. The Morgan fingerprint density at radius 1 is 0.325 bits per heavy atom. The van der Waals surface area contributed by atoms with Crippen LogP contribution < -0.4 is 37.9 Å². The van der Waals surface area contributed by atoms with Crippen LogP contribution in [0.3, 0.4) is 0 Å². The van der Waals surface area contributed by atoms with Gasteiger partial charge in [0.05, 0.1) is 62.1 Å². The Balaban J connectivity index is 1.08. The number of hydrogen-bond acceptors (Lipinski definition) is 14. The Morgan fingerprint density at radius 2 is 0.637 bits per heavy atom. The zero-order valence-corrected chi connectivity index (χ0v) is 48.2. The zero-order chi connectivity index (χ0) is 56.6. The van der Waals surface area contributed by atoms with Gasteiger partial charge in [-0.2, -0.15) is 10.2 Å². The normalized spacial score (nSPS) is 11.3. The van der Waals surface area contributed by atoms with Crippen LogP contribution in [0.2, 0.25) is 0 Å². The summed E-state index contributed by atoms with van der Waals surface area (Å²) in [7, 11) is 0. The maximum atomic E-state index is 13.4. The quantitative estimate of drug-likeness (QED) is 0.0158. The molecule has 0 saturated heterocycles. The molecule has 0 aliphatic heterocycles. The first-order valence-electron chi connectivity index (χ1n) is 29.4. The molecular formula is C66H84N4O10. The van der Waals surface area contributed by atoms with Gasteiger partial charge in [-0.1, -0.05) is 131 Å². The third kappa shape index (κ3) is 20.0. The summed E-state index contributed by atoms with van der Waals surface area (Å²) in [5, 5.41) is 19.8. The second kappa shape index (κ2) is 35.2. The van der Waals surface area contributed by atoms with Crippen LogP contribution in [-0.2, 0) is 0 Å². The Bertz CT molecular complexity index is 2670. The van der Waals surface area contributed by atoms with Gasteiger partial charge in [0.15, 0.2) is 23.0 Å². The maximum Gasteiger partial charge on any atom is 0.343 e. The molecule has 0 amide bonds. The lowest BCUT2D eigenvalue weighted by Crippen LogP contribution is -2.08. The first-order chi connectivity index (χ1) is 39.3. The first-order valence-corrected chi connectivity index (χ1v) is 29.4. The Kier molecular flexibility index (Phi) is 27.2. The molecule has 0 N–H and O–H groups in total. The van der Waals surface area contributed by atoms with Crippen molar-refractivity contribution >= 4 is 45.5 Å². The highest BCUT2D eigenvalue weighted by molar-refractivity contribution is 5.94. The van der Waals surface area contributed by atoms with Crippen LogP contribution in [0.1, 0.15) is 178 Å². The number of esters is 2. The van der Waals surface area contributed by atoms with E-state index in [1.54, 1.807) is 72.8 Å². The molecule has 6 aromatic carbocycles. The van der Waals surface area contributed by atoms with Crippen LogP contribution >= 0.6 is 0 Å². The molecule has 0 saturated carbocycles. The van der Waals surface area contributed by atoms with E-state index in [0.29, 0.717) is 120 Å². The Morgan fingerprint density at radius 3 is 0.963 bits per heavy atom. The Labute approximate surface area is 474 Å². The van der Waals surface area contributed by atoms with Gasteiger partial charge in [0.1, 0.15) is 22.9 Å². The number of ether oxygens (including phenoxy) is 8. The first kappa shape index (κ1) is 61.7. The summed E-state index contributed by atoms with van der Waals surface area (Å²) in [6.07, 6.45) is 18.4. The fourth-order valence-electron chi connectivity index (χ4n) is 8.39. The molecule has 428 valence electrons. The van der Waals surface area contributed by atoms with Crippen molar-refractivity contribution in [2.45, 2.75) is 157 Å². The predicted octanol–water partition coefficient (Wildman–Crippen LogP) is 19.5. The van der Waals surface area contributed by atoms with Crippen LogP contribution in [-0.4, -0.2) is 51.6 Å². The number of carbonyl (C=O) groups is 2. The van der Waals surface area contributed by atoms with Crippen molar-refractivity contribution in [1.29, 1.82) is 0 Å². The number of fused-ring (bicyclic) bond motifs is 1. The summed E-state index contributed by atoms with van der Waals surface area (Å²) in [5.74, 6) is 3.09. The van der Waals surface area contributed by atoms with Gasteiger partial charge < -0.3 is 37.9 Å². The molecule has 80 heavy (non-hydrogen) atoms. The predicted molar refractivity (Wildman–Crippen MR) is 318 cm³/mol. The van der Waals surface area contributed by atoms with E-state index in [-0.39, 0.29) is 0 Å². The van der Waals surface area contributed by atoms with Gasteiger partial charge in [0, 0.05) is 0 Å². The Hall–Kier alpha value is -7.48. The lowest BCUT2D eigenvalue weighted by molar-refractivity contribution is 0.0725. The average Bonchev–Trinajstić information content (AvgIpc) is 3.48. The minimum absolute atomic E-state index is 0.345. The number of nitrogens with zero attached hydrogens (tertiary/aromatic N) is 4. The van der Waals surface area contributed by atoms with Gasteiger partial charge in [-0.3, -0.25) is 0 Å². The second-order valence-corrected chi connectivity index (χ2v) is 19.8. The standard InChI is InChI=1S/C66H84N4O10/c1-7-13-19-41-73-59-39-37-57(61(75-43-21-15-9-3)63(59)77-45-23-17-11-5)69-67-53-31-25-49(26-32-53)65(71)79-55-35-29-52-48-56(36-30-51(52)47-55)80-66(72)50-27-33-54(34-28-50)68-70-58-38-40-60(74-42-20-14-8-2)64(78-46-24-18-12-6)62(58)76-44-22-16-10-4/h25-40,47-48H,7-24,41-46H2,1-6H3. The van der Waals surface area contributed by atoms with E-state index >= 15 is 0 Å². The van der Waals surface area contributed by atoms with Crippen molar-refractivity contribution in [3.8, 4) is 46.0 Å². The SMILES string of the molecule is CCCCCOc1ccc(N=Nc2ccc(C(=O)Oc3ccc4cc(OC(=O)c5ccc(N=Nc6ccc(OCCCCC)c(OCCCCC)c6OCCCCC)cc5)ccc4c3)cc2)c(OCCCCC)c1OCCCCC. The molecule has 0 heterocycles. The largest absolute Gasteiger partial charge is 0.490 e. The zero-order valence-electron chi connectivity index (χ0n) is 48.2. The van der Waals surface area contributed by atoms with Crippen molar-refractivity contribution in [1.82, 2.24) is 0 Å². The fraction of sp³-hybridized carbons (Fsp3) is 0.455. The minimum atomic E-state index is -0.529. The van der Waals surface area contributed by atoms with E-state index in [1.165, 1.54) is 0 Å². The van der Waals surface area contributed by atoms with Crippen molar-refractivity contribution in [3.05, 3.63) is 120 Å². The van der Waals surface area contributed by atoms with E-state index < -0.39 is 11.9 Å². The average molecular weight is 1090 g/mol. The molecule has 0 bridgehead atoms. The van der Waals surface area contributed by atoms with Crippen LogP contribution in [0.5, 0.6) is 46.0 Å². The smallest absolute Gasteiger partial charge is 0.343 e. The van der Waals surface area contributed by atoms with Crippen LogP contribution in [0.4, 0.5) is 22.7 Å². The minimum Gasteiger partial charge on any atom is -0.490 e. The molecule has 14 nitrogen and oxygen atoms in total. The van der Waals surface area contributed by atoms with Crippen LogP contribution in [0.25, 0.3) is 10.8 Å². The number of unbranched alkanes of at least 4 members (excludes halogenated alkanes) is 12. The molecule has 0 atom stereocenters. The molecule has 6 aromatic rings. The highest BCUT2D eigenvalue weighted by Gasteiger charge is 2.21. The molecule has 0 aromatic heterocycles. The van der Waals surface area contributed by atoms with Crippen LogP contribution in [0.15, 0.2) is 130 Å². The number of azo groups is 2. The molecule has 0 aliphatic carbocycles. The number of carbonyl (C=O) groups excluding carboxylic acids is 2. The molecule has 0 unspecified atom stereocenters.